The molecule has 0 saturated carbocycles. The minimum Gasteiger partial charge on any atom is -0.381 e. The highest BCUT2D eigenvalue weighted by atomic mass is 32.2. The van der Waals surface area contributed by atoms with Crippen LogP contribution < -0.4 is 14.8 Å². The second kappa shape index (κ2) is 9.06. The first-order chi connectivity index (χ1) is 16.0. The molecule has 0 radical (unpaired) electrons. The van der Waals surface area contributed by atoms with Crippen LogP contribution in [0, 0.1) is 0 Å². The van der Waals surface area contributed by atoms with Crippen LogP contribution in [0.2, 0.25) is 0 Å². The number of fused-ring (bicyclic) bond motifs is 3. The quantitative estimate of drug-likeness (QED) is 0.484. The molecule has 0 aliphatic carbocycles. The standard InChI is InChI=1S/C22H25F3N4O4S/c1-13-9-14-11-19(29(13)2)21(30)26-8-4-3-5-16-17-10-15(28-14)12-27-18(17)6-7-20(16)33-34(31,32)22(23,24)25/h3,5-7,10,12-14,19,28H,4,8-9,11H2,1-2H3,(H,26,30)/b5-3+. The fourth-order valence-electron chi connectivity index (χ4n) is 4.35. The minimum atomic E-state index is -5.85. The monoisotopic (exact) mass is 498 g/mol. The van der Waals surface area contributed by atoms with Crippen molar-refractivity contribution in [1.29, 1.82) is 0 Å². The third-order valence-electron chi connectivity index (χ3n) is 6.24. The summed E-state index contributed by atoms with van der Waals surface area (Å²) in [5.74, 6) is -0.551. The summed E-state index contributed by atoms with van der Waals surface area (Å²) in [7, 11) is -3.93. The van der Waals surface area contributed by atoms with Crippen LogP contribution in [0.4, 0.5) is 18.9 Å². The number of hydrogen-bond donors (Lipinski definition) is 2. The predicted molar refractivity (Wildman–Crippen MR) is 122 cm³/mol. The van der Waals surface area contributed by atoms with Crippen molar-refractivity contribution in [3.63, 3.8) is 0 Å². The van der Waals surface area contributed by atoms with Gasteiger partial charge < -0.3 is 14.8 Å². The maximum absolute atomic E-state index is 12.9. The third kappa shape index (κ3) is 4.83. The average molecular weight is 499 g/mol. The lowest BCUT2D eigenvalue weighted by molar-refractivity contribution is -0.128. The topological polar surface area (TPSA) is 101 Å². The van der Waals surface area contributed by atoms with Crippen LogP contribution in [-0.4, -0.2) is 61.4 Å². The van der Waals surface area contributed by atoms with E-state index in [0.29, 0.717) is 36.0 Å². The van der Waals surface area contributed by atoms with Gasteiger partial charge in [-0.1, -0.05) is 12.2 Å². The fraction of sp³-hybridized carbons (Fsp3) is 0.455. The van der Waals surface area contributed by atoms with Crippen molar-refractivity contribution in [2.24, 2.45) is 0 Å². The molecular weight excluding hydrogens is 473 g/mol. The number of alkyl halides is 3. The van der Waals surface area contributed by atoms with E-state index in [-0.39, 0.29) is 29.6 Å². The first kappa shape index (κ1) is 24.3. The molecule has 2 aliphatic rings. The van der Waals surface area contributed by atoms with Crippen molar-refractivity contribution in [3.8, 4) is 5.75 Å². The number of benzene rings is 1. The largest absolute Gasteiger partial charge is 0.534 e. The smallest absolute Gasteiger partial charge is 0.381 e. The zero-order valence-corrected chi connectivity index (χ0v) is 19.4. The molecule has 2 aliphatic heterocycles. The van der Waals surface area contributed by atoms with E-state index in [9.17, 15) is 26.4 Å². The molecule has 3 atom stereocenters. The van der Waals surface area contributed by atoms with Gasteiger partial charge in [-0.2, -0.15) is 21.6 Å². The highest BCUT2D eigenvalue weighted by Crippen LogP contribution is 2.35. The van der Waals surface area contributed by atoms with Gasteiger partial charge in [0.1, 0.15) is 0 Å². The van der Waals surface area contributed by atoms with Gasteiger partial charge in [-0.15, -0.1) is 0 Å². The molecule has 1 aromatic heterocycles. The van der Waals surface area contributed by atoms with E-state index in [2.05, 4.69) is 24.7 Å². The Morgan fingerprint density at radius 3 is 2.74 bits per heavy atom. The van der Waals surface area contributed by atoms with Crippen LogP contribution in [0.5, 0.6) is 5.75 Å². The van der Waals surface area contributed by atoms with E-state index < -0.39 is 21.4 Å². The molecule has 3 heterocycles. The SMILES string of the molecule is CC1CC2CC(C(=O)NCC/C=C/c3c(OS(=O)(=O)C(F)(F)F)ccc4ncc(cc34)N2)N1C. The van der Waals surface area contributed by atoms with Gasteiger partial charge >= 0.3 is 15.6 Å². The zero-order valence-electron chi connectivity index (χ0n) is 18.6. The van der Waals surface area contributed by atoms with Gasteiger partial charge in [-0.05, 0) is 51.4 Å². The highest BCUT2D eigenvalue weighted by molar-refractivity contribution is 7.88. The maximum Gasteiger partial charge on any atom is 0.534 e. The lowest BCUT2D eigenvalue weighted by Crippen LogP contribution is -2.55. The molecule has 1 fully saturated rings. The molecular formula is C22H25F3N4O4S. The van der Waals surface area contributed by atoms with E-state index >= 15 is 0 Å². The Bertz CT molecular complexity index is 1230. The lowest BCUT2D eigenvalue weighted by Gasteiger charge is -2.41. The molecule has 184 valence electrons. The Kier molecular flexibility index (Phi) is 6.47. The van der Waals surface area contributed by atoms with E-state index in [4.69, 9.17) is 0 Å². The number of rotatable bonds is 2. The number of halogens is 3. The number of carbonyl (C=O) groups is 1. The number of amides is 1. The number of piperidine rings is 1. The van der Waals surface area contributed by atoms with Crippen molar-refractivity contribution in [1.82, 2.24) is 15.2 Å². The summed E-state index contributed by atoms with van der Waals surface area (Å²) >= 11 is 0. The molecule has 4 rings (SSSR count). The summed E-state index contributed by atoms with van der Waals surface area (Å²) in [6.07, 6.45) is 6.46. The average Bonchev–Trinajstić information content (AvgIpc) is 2.75. The summed E-state index contributed by atoms with van der Waals surface area (Å²) in [5, 5.41) is 6.72. The van der Waals surface area contributed by atoms with Gasteiger partial charge in [-0.3, -0.25) is 14.7 Å². The number of hydrogen-bond acceptors (Lipinski definition) is 7. The van der Waals surface area contributed by atoms with Gasteiger partial charge in [0.15, 0.2) is 5.75 Å². The van der Waals surface area contributed by atoms with Gasteiger partial charge in [0, 0.05) is 29.6 Å². The van der Waals surface area contributed by atoms with Gasteiger partial charge in [-0.25, -0.2) is 0 Å². The number of carbonyl (C=O) groups excluding carboxylic acids is 1. The van der Waals surface area contributed by atoms with Crippen LogP contribution in [0.15, 0.2) is 30.5 Å². The molecule has 12 heteroatoms. The number of nitrogens with one attached hydrogen (secondary N) is 2. The molecule has 2 aromatic rings. The lowest BCUT2D eigenvalue weighted by atomic mass is 9.91. The van der Waals surface area contributed by atoms with Gasteiger partial charge in [0.05, 0.1) is 23.4 Å². The van der Waals surface area contributed by atoms with Crippen LogP contribution in [-0.2, 0) is 14.9 Å². The summed E-state index contributed by atoms with van der Waals surface area (Å²) in [4.78, 5) is 19.2. The van der Waals surface area contributed by atoms with Crippen molar-refractivity contribution in [2.45, 2.75) is 49.8 Å². The van der Waals surface area contributed by atoms with Gasteiger partial charge in [0.2, 0.25) is 5.91 Å². The van der Waals surface area contributed by atoms with E-state index in [1.165, 1.54) is 12.1 Å². The summed E-state index contributed by atoms with van der Waals surface area (Å²) in [6, 6.07) is 4.08. The van der Waals surface area contributed by atoms with E-state index in [0.717, 1.165) is 12.5 Å². The molecule has 4 bridgehead atoms. The molecule has 1 amide bonds. The molecule has 1 aromatic carbocycles. The fourth-order valence-corrected chi connectivity index (χ4v) is 4.83. The Balaban J connectivity index is 1.79. The number of nitrogens with zero attached hydrogens (tertiary/aromatic N) is 2. The molecule has 8 nitrogen and oxygen atoms in total. The minimum absolute atomic E-state index is 0.0341. The molecule has 3 unspecified atom stereocenters. The molecule has 34 heavy (non-hydrogen) atoms. The van der Waals surface area contributed by atoms with Crippen molar-refractivity contribution in [3.05, 3.63) is 36.0 Å². The van der Waals surface area contributed by atoms with Crippen LogP contribution in [0.1, 0.15) is 31.7 Å². The highest BCUT2D eigenvalue weighted by Gasteiger charge is 2.48. The Labute approximate surface area is 195 Å². The van der Waals surface area contributed by atoms with Crippen molar-refractivity contribution >= 4 is 38.7 Å². The zero-order chi connectivity index (χ0) is 24.7. The Morgan fingerprint density at radius 2 is 2.00 bits per heavy atom. The summed E-state index contributed by atoms with van der Waals surface area (Å²) < 4.78 is 66.6. The van der Waals surface area contributed by atoms with E-state index in [1.54, 1.807) is 18.3 Å². The molecule has 1 saturated heterocycles. The van der Waals surface area contributed by atoms with Crippen LogP contribution in [0.3, 0.4) is 0 Å². The van der Waals surface area contributed by atoms with E-state index in [1.807, 2.05) is 14.0 Å². The normalized spacial score (nSPS) is 25.3. The van der Waals surface area contributed by atoms with Gasteiger partial charge in [0.25, 0.3) is 0 Å². The Morgan fingerprint density at radius 1 is 1.24 bits per heavy atom. The number of anilines is 1. The number of pyridine rings is 1. The first-order valence-electron chi connectivity index (χ1n) is 10.8. The number of likely N-dealkylation sites (tertiary alicyclic amines) is 1. The van der Waals surface area contributed by atoms with Crippen LogP contribution >= 0.6 is 0 Å². The van der Waals surface area contributed by atoms with Crippen LogP contribution in [0.25, 0.3) is 17.0 Å². The number of aromatic nitrogens is 1. The third-order valence-corrected chi connectivity index (χ3v) is 7.20. The van der Waals surface area contributed by atoms with Crippen molar-refractivity contribution in [2.75, 3.05) is 18.9 Å². The number of likely N-dealkylation sites (N-methyl/N-ethyl adjacent to an activating group) is 1. The summed E-state index contributed by atoms with van der Waals surface area (Å²) in [6.45, 7) is 2.36. The molecule has 0 spiro atoms. The summed E-state index contributed by atoms with van der Waals surface area (Å²) in [5.41, 5.74) is -4.33. The second-order valence-corrected chi connectivity index (χ2v) is 10.1. The first-order valence-corrected chi connectivity index (χ1v) is 12.2. The Hall–Kier alpha value is -2.86. The predicted octanol–water partition coefficient (Wildman–Crippen LogP) is 3.26. The maximum atomic E-state index is 12.9. The molecule has 2 N–H and O–H groups in total. The van der Waals surface area contributed by atoms with Crippen molar-refractivity contribution < 1.29 is 30.6 Å². The second-order valence-electron chi connectivity index (χ2n) is 8.58.